The number of hydrogen-bond acceptors (Lipinski definition) is 2. The lowest BCUT2D eigenvalue weighted by molar-refractivity contribution is 0.112. The van der Waals surface area contributed by atoms with Crippen molar-refractivity contribution >= 4 is 6.29 Å². The number of unbranched alkanes of at least 4 members (excludes halogenated alkanes) is 2. The van der Waals surface area contributed by atoms with Crippen molar-refractivity contribution in [3.05, 3.63) is 35.4 Å². The Morgan fingerprint density at radius 2 is 1.56 bits per heavy atom. The van der Waals surface area contributed by atoms with Gasteiger partial charge in [0.15, 0.2) is 0 Å². The van der Waals surface area contributed by atoms with Gasteiger partial charge in [0.25, 0.3) is 0 Å². The molecule has 0 atom stereocenters. The van der Waals surface area contributed by atoms with Crippen molar-refractivity contribution in [3.8, 4) is 0 Å². The van der Waals surface area contributed by atoms with E-state index in [1.54, 1.807) is 0 Å². The van der Waals surface area contributed by atoms with Crippen LogP contribution in [0.5, 0.6) is 0 Å². The molecule has 1 aromatic carbocycles. The molecule has 0 spiro atoms. The number of carbonyl (C=O) groups is 1. The van der Waals surface area contributed by atoms with Gasteiger partial charge in [-0.2, -0.15) is 0 Å². The first kappa shape index (κ1) is 14.9. The first-order chi connectivity index (χ1) is 8.80. The van der Waals surface area contributed by atoms with Crippen LogP contribution in [-0.2, 0) is 6.54 Å². The average molecular weight is 247 g/mol. The second kappa shape index (κ2) is 8.87. The van der Waals surface area contributed by atoms with Crippen molar-refractivity contribution < 1.29 is 4.79 Å². The summed E-state index contributed by atoms with van der Waals surface area (Å²) in [6.07, 6.45) is 5.90. The molecule has 0 bridgehead atoms. The molecule has 0 heterocycles. The molecule has 0 aliphatic carbocycles. The lowest BCUT2D eigenvalue weighted by atomic mass is 10.1. The molecule has 0 amide bonds. The van der Waals surface area contributed by atoms with Crippen LogP contribution in [-0.4, -0.2) is 24.3 Å². The van der Waals surface area contributed by atoms with E-state index in [-0.39, 0.29) is 0 Å². The summed E-state index contributed by atoms with van der Waals surface area (Å²) in [5.41, 5.74) is 2.06. The SMILES string of the molecule is CCCCN(CCCC)Cc1ccc(C=O)cc1. The summed E-state index contributed by atoms with van der Waals surface area (Å²) >= 11 is 0. The summed E-state index contributed by atoms with van der Waals surface area (Å²) in [4.78, 5) is 13.1. The molecular weight excluding hydrogens is 222 g/mol. The van der Waals surface area contributed by atoms with Crippen molar-refractivity contribution in [1.82, 2.24) is 4.90 Å². The summed E-state index contributed by atoms with van der Waals surface area (Å²) in [5, 5.41) is 0. The van der Waals surface area contributed by atoms with Crippen LogP contribution in [0.3, 0.4) is 0 Å². The second-order valence-electron chi connectivity index (χ2n) is 4.84. The fourth-order valence-corrected chi connectivity index (χ4v) is 1.99. The molecule has 2 heteroatoms. The Labute approximate surface area is 111 Å². The van der Waals surface area contributed by atoms with Crippen molar-refractivity contribution in [3.63, 3.8) is 0 Å². The molecule has 0 radical (unpaired) electrons. The van der Waals surface area contributed by atoms with E-state index in [0.717, 1.165) is 18.4 Å². The Hall–Kier alpha value is -1.15. The predicted octanol–water partition coefficient (Wildman–Crippen LogP) is 3.90. The Morgan fingerprint density at radius 3 is 2.00 bits per heavy atom. The summed E-state index contributed by atoms with van der Waals surface area (Å²) < 4.78 is 0. The maximum absolute atomic E-state index is 10.6. The molecule has 0 saturated heterocycles. The highest BCUT2D eigenvalue weighted by Crippen LogP contribution is 2.09. The number of rotatable bonds is 9. The summed E-state index contributed by atoms with van der Waals surface area (Å²) in [7, 11) is 0. The molecule has 0 aromatic heterocycles. The Balaban J connectivity index is 2.53. The molecule has 1 aromatic rings. The lowest BCUT2D eigenvalue weighted by Gasteiger charge is -2.22. The smallest absolute Gasteiger partial charge is 0.150 e. The molecular formula is C16H25NO. The monoisotopic (exact) mass is 247 g/mol. The van der Waals surface area contributed by atoms with Crippen LogP contribution in [0.4, 0.5) is 0 Å². The van der Waals surface area contributed by atoms with Gasteiger partial charge in [0.05, 0.1) is 0 Å². The van der Waals surface area contributed by atoms with E-state index in [1.807, 2.05) is 12.1 Å². The molecule has 0 saturated carbocycles. The third kappa shape index (κ3) is 5.46. The number of aldehydes is 1. The quantitative estimate of drug-likeness (QED) is 0.617. The zero-order valence-electron chi connectivity index (χ0n) is 11.7. The molecule has 0 fully saturated rings. The van der Waals surface area contributed by atoms with Crippen molar-refractivity contribution in [2.24, 2.45) is 0 Å². The maximum Gasteiger partial charge on any atom is 0.150 e. The van der Waals surface area contributed by atoms with Gasteiger partial charge in [0.1, 0.15) is 6.29 Å². The highest BCUT2D eigenvalue weighted by atomic mass is 16.1. The van der Waals surface area contributed by atoms with Crippen LogP contribution in [0.15, 0.2) is 24.3 Å². The molecule has 0 unspecified atom stereocenters. The van der Waals surface area contributed by atoms with Gasteiger partial charge in [-0.1, -0.05) is 51.0 Å². The maximum atomic E-state index is 10.6. The molecule has 100 valence electrons. The molecule has 1 rings (SSSR count). The van der Waals surface area contributed by atoms with Gasteiger partial charge in [0, 0.05) is 12.1 Å². The largest absolute Gasteiger partial charge is 0.299 e. The van der Waals surface area contributed by atoms with E-state index >= 15 is 0 Å². The Bertz CT molecular complexity index is 323. The first-order valence-corrected chi connectivity index (χ1v) is 7.06. The number of carbonyl (C=O) groups excluding carboxylic acids is 1. The van der Waals surface area contributed by atoms with Gasteiger partial charge in [-0.05, 0) is 31.5 Å². The Morgan fingerprint density at radius 1 is 1.00 bits per heavy atom. The third-order valence-electron chi connectivity index (χ3n) is 3.18. The third-order valence-corrected chi connectivity index (χ3v) is 3.18. The van der Waals surface area contributed by atoms with Crippen LogP contribution in [0.1, 0.15) is 55.5 Å². The lowest BCUT2D eigenvalue weighted by Crippen LogP contribution is -2.25. The van der Waals surface area contributed by atoms with Crippen molar-refractivity contribution in [2.75, 3.05) is 13.1 Å². The standard InChI is InChI=1S/C16H25NO/c1-3-5-11-17(12-6-4-2)13-15-7-9-16(14-18)10-8-15/h7-10,14H,3-6,11-13H2,1-2H3. The minimum Gasteiger partial charge on any atom is -0.299 e. The highest BCUT2D eigenvalue weighted by Gasteiger charge is 2.05. The first-order valence-electron chi connectivity index (χ1n) is 7.06. The van der Waals surface area contributed by atoms with Gasteiger partial charge in [-0.3, -0.25) is 9.69 Å². The number of benzene rings is 1. The van der Waals surface area contributed by atoms with E-state index in [9.17, 15) is 4.79 Å². The summed E-state index contributed by atoms with van der Waals surface area (Å²) in [6, 6.07) is 7.93. The molecule has 0 aliphatic heterocycles. The highest BCUT2D eigenvalue weighted by molar-refractivity contribution is 5.74. The molecule has 18 heavy (non-hydrogen) atoms. The van der Waals surface area contributed by atoms with Gasteiger partial charge in [-0.15, -0.1) is 0 Å². The van der Waals surface area contributed by atoms with Crippen LogP contribution in [0.25, 0.3) is 0 Å². The van der Waals surface area contributed by atoms with Gasteiger partial charge in [-0.25, -0.2) is 0 Å². The number of nitrogens with zero attached hydrogens (tertiary/aromatic N) is 1. The van der Waals surface area contributed by atoms with Crippen LogP contribution < -0.4 is 0 Å². The van der Waals surface area contributed by atoms with E-state index < -0.39 is 0 Å². The minimum absolute atomic E-state index is 0.757. The van der Waals surface area contributed by atoms with E-state index in [0.29, 0.717) is 0 Å². The predicted molar refractivity (Wildman–Crippen MR) is 76.9 cm³/mol. The second-order valence-corrected chi connectivity index (χ2v) is 4.84. The van der Waals surface area contributed by atoms with Crippen molar-refractivity contribution in [1.29, 1.82) is 0 Å². The number of hydrogen-bond donors (Lipinski definition) is 0. The molecule has 0 N–H and O–H groups in total. The average Bonchev–Trinajstić information content (AvgIpc) is 2.42. The minimum atomic E-state index is 0.757. The topological polar surface area (TPSA) is 20.3 Å². The van der Waals surface area contributed by atoms with Crippen LogP contribution in [0.2, 0.25) is 0 Å². The zero-order chi connectivity index (χ0) is 13.2. The van der Waals surface area contributed by atoms with Crippen molar-refractivity contribution in [2.45, 2.75) is 46.1 Å². The van der Waals surface area contributed by atoms with Gasteiger partial charge >= 0.3 is 0 Å². The summed E-state index contributed by atoms with van der Waals surface area (Å²) in [5.74, 6) is 0. The Kier molecular flexibility index (Phi) is 7.35. The normalized spacial score (nSPS) is 10.8. The fourth-order valence-electron chi connectivity index (χ4n) is 1.99. The van der Waals surface area contributed by atoms with Gasteiger partial charge in [0.2, 0.25) is 0 Å². The van der Waals surface area contributed by atoms with E-state index in [4.69, 9.17) is 0 Å². The van der Waals surface area contributed by atoms with E-state index in [1.165, 1.54) is 44.3 Å². The van der Waals surface area contributed by atoms with E-state index in [2.05, 4.69) is 30.9 Å². The summed E-state index contributed by atoms with van der Waals surface area (Å²) in [6.45, 7) is 7.81. The fraction of sp³-hybridized carbons (Fsp3) is 0.562. The van der Waals surface area contributed by atoms with Crippen LogP contribution in [0, 0.1) is 0 Å². The van der Waals surface area contributed by atoms with Crippen LogP contribution >= 0.6 is 0 Å². The zero-order valence-corrected chi connectivity index (χ0v) is 11.7. The molecule has 2 nitrogen and oxygen atoms in total. The van der Waals surface area contributed by atoms with Gasteiger partial charge < -0.3 is 0 Å². The molecule has 0 aliphatic rings.